The molecule has 1 aliphatic heterocycles. The van der Waals surface area contributed by atoms with E-state index in [9.17, 15) is 13.5 Å². The number of hydrogen-bond acceptors (Lipinski definition) is 4. The molecule has 1 aromatic rings. The van der Waals surface area contributed by atoms with E-state index in [-0.39, 0.29) is 16.9 Å². The molecular weight excluding hydrogens is 282 g/mol. The van der Waals surface area contributed by atoms with Crippen molar-refractivity contribution >= 4 is 21.4 Å². The van der Waals surface area contributed by atoms with Gasteiger partial charge in [0.25, 0.3) is 0 Å². The highest BCUT2D eigenvalue weighted by Gasteiger charge is 2.41. The van der Waals surface area contributed by atoms with Gasteiger partial charge in [-0.1, -0.05) is 13.8 Å². The van der Waals surface area contributed by atoms with Crippen LogP contribution in [0.5, 0.6) is 0 Å². The molecule has 0 spiro atoms. The van der Waals surface area contributed by atoms with Crippen molar-refractivity contribution in [2.24, 2.45) is 5.41 Å². The Labute approximate surface area is 119 Å². The Bertz CT molecular complexity index is 532. The van der Waals surface area contributed by atoms with Crippen molar-refractivity contribution in [3.05, 3.63) is 16.3 Å². The van der Waals surface area contributed by atoms with Gasteiger partial charge in [0.2, 0.25) is 10.0 Å². The van der Waals surface area contributed by atoms with Crippen molar-refractivity contribution in [3.8, 4) is 0 Å². The van der Waals surface area contributed by atoms with Gasteiger partial charge in [0.05, 0.1) is 11.5 Å². The van der Waals surface area contributed by atoms with Crippen molar-refractivity contribution < 1.29 is 13.5 Å². The average molecular weight is 303 g/mol. The lowest BCUT2D eigenvalue weighted by atomic mass is 9.82. The topological polar surface area (TPSA) is 57.6 Å². The summed E-state index contributed by atoms with van der Waals surface area (Å²) in [6.07, 6.45) is 2.94. The first-order valence-electron chi connectivity index (χ1n) is 6.66. The van der Waals surface area contributed by atoms with Gasteiger partial charge in [-0.05, 0) is 36.1 Å². The van der Waals surface area contributed by atoms with Crippen LogP contribution >= 0.6 is 11.3 Å². The highest BCUT2D eigenvalue weighted by atomic mass is 32.2. The normalized spacial score (nSPS) is 19.9. The summed E-state index contributed by atoms with van der Waals surface area (Å²) in [6.45, 7) is 5.23. The molecule has 19 heavy (non-hydrogen) atoms. The second-order valence-electron chi connectivity index (χ2n) is 5.16. The molecule has 0 atom stereocenters. The summed E-state index contributed by atoms with van der Waals surface area (Å²) in [6, 6.07) is 1.60. The maximum atomic E-state index is 12.6. The lowest BCUT2D eigenvalue weighted by Gasteiger charge is -2.26. The lowest BCUT2D eigenvalue weighted by Crippen LogP contribution is -2.32. The molecule has 4 nitrogen and oxygen atoms in total. The second-order valence-corrected chi connectivity index (χ2v) is 8.07. The van der Waals surface area contributed by atoms with Gasteiger partial charge in [-0.25, -0.2) is 8.42 Å². The highest BCUT2D eigenvalue weighted by Crippen LogP contribution is 2.40. The Morgan fingerprint density at radius 3 is 2.63 bits per heavy atom. The van der Waals surface area contributed by atoms with E-state index in [1.165, 1.54) is 11.3 Å². The van der Waals surface area contributed by atoms with E-state index in [2.05, 4.69) is 13.8 Å². The molecule has 1 aromatic heterocycles. The molecule has 0 aliphatic carbocycles. The number of aliphatic hydroxyl groups is 1. The molecule has 0 aromatic carbocycles. The fourth-order valence-corrected chi connectivity index (χ4v) is 5.56. The molecule has 0 bridgehead atoms. The molecule has 0 radical (unpaired) electrons. The molecular formula is C13H21NO3S2. The number of hydrogen-bond donors (Lipinski definition) is 1. The fraction of sp³-hybridized carbons (Fsp3) is 0.692. The molecule has 1 fully saturated rings. The van der Waals surface area contributed by atoms with E-state index in [4.69, 9.17) is 0 Å². The van der Waals surface area contributed by atoms with Crippen LogP contribution < -0.4 is 0 Å². The summed E-state index contributed by atoms with van der Waals surface area (Å²) in [5.41, 5.74) is 0.127. The first-order valence-corrected chi connectivity index (χ1v) is 8.98. The summed E-state index contributed by atoms with van der Waals surface area (Å²) in [5, 5.41) is 11.0. The van der Waals surface area contributed by atoms with Gasteiger partial charge < -0.3 is 5.11 Å². The zero-order chi connectivity index (χ0) is 14.1. The van der Waals surface area contributed by atoms with Gasteiger partial charge in [-0.2, -0.15) is 4.31 Å². The second kappa shape index (κ2) is 5.52. The minimum Gasteiger partial charge on any atom is -0.391 e. The van der Waals surface area contributed by atoms with Crippen LogP contribution in [0, 0.1) is 5.41 Å². The van der Waals surface area contributed by atoms with Gasteiger partial charge in [0, 0.05) is 18.0 Å². The van der Waals surface area contributed by atoms with Crippen LogP contribution in [0.3, 0.4) is 0 Å². The SMILES string of the molecule is CCC1(CC)CCN(S(=O)(=O)c2ccsc2CO)C1. The van der Waals surface area contributed by atoms with Gasteiger partial charge in [0.15, 0.2) is 0 Å². The monoisotopic (exact) mass is 303 g/mol. The molecule has 1 saturated heterocycles. The Morgan fingerprint density at radius 2 is 2.11 bits per heavy atom. The third kappa shape index (κ3) is 2.59. The first kappa shape index (κ1) is 15.0. The number of sulfonamides is 1. The van der Waals surface area contributed by atoms with Crippen molar-refractivity contribution in [2.75, 3.05) is 13.1 Å². The summed E-state index contributed by atoms with van der Waals surface area (Å²) >= 11 is 1.29. The number of thiophene rings is 1. The first-order chi connectivity index (χ1) is 8.99. The molecule has 108 valence electrons. The summed E-state index contributed by atoms with van der Waals surface area (Å²) in [5.74, 6) is 0. The summed E-state index contributed by atoms with van der Waals surface area (Å²) in [7, 11) is -3.45. The molecule has 2 heterocycles. The number of aliphatic hydroxyl groups excluding tert-OH is 1. The van der Waals surface area contributed by atoms with Crippen molar-refractivity contribution in [1.82, 2.24) is 4.31 Å². The molecule has 2 rings (SSSR count). The predicted molar refractivity (Wildman–Crippen MR) is 76.6 cm³/mol. The summed E-state index contributed by atoms with van der Waals surface area (Å²) < 4.78 is 26.8. The third-order valence-corrected chi connectivity index (χ3v) is 7.33. The smallest absolute Gasteiger partial charge is 0.244 e. The van der Waals surface area contributed by atoms with Crippen LogP contribution in [0.4, 0.5) is 0 Å². The molecule has 0 amide bonds. The molecule has 0 unspecified atom stereocenters. The zero-order valence-corrected chi connectivity index (χ0v) is 13.1. The Kier molecular flexibility index (Phi) is 4.35. The molecule has 1 N–H and O–H groups in total. The fourth-order valence-electron chi connectivity index (χ4n) is 2.74. The van der Waals surface area contributed by atoms with E-state index < -0.39 is 10.0 Å². The van der Waals surface area contributed by atoms with Gasteiger partial charge >= 0.3 is 0 Å². The quantitative estimate of drug-likeness (QED) is 0.909. The van der Waals surface area contributed by atoms with E-state index >= 15 is 0 Å². The van der Waals surface area contributed by atoms with E-state index in [1.807, 2.05) is 0 Å². The van der Waals surface area contributed by atoms with E-state index in [1.54, 1.807) is 15.8 Å². The van der Waals surface area contributed by atoms with Gasteiger partial charge in [-0.15, -0.1) is 11.3 Å². The zero-order valence-electron chi connectivity index (χ0n) is 11.4. The molecule has 0 saturated carbocycles. The Balaban J connectivity index is 2.28. The van der Waals surface area contributed by atoms with Gasteiger partial charge in [0.1, 0.15) is 0 Å². The maximum Gasteiger partial charge on any atom is 0.244 e. The van der Waals surface area contributed by atoms with Crippen LogP contribution in [0.2, 0.25) is 0 Å². The minimum absolute atomic E-state index is 0.127. The van der Waals surface area contributed by atoms with Crippen LogP contribution in [0.1, 0.15) is 38.0 Å². The van der Waals surface area contributed by atoms with Crippen molar-refractivity contribution in [1.29, 1.82) is 0 Å². The van der Waals surface area contributed by atoms with Gasteiger partial charge in [-0.3, -0.25) is 0 Å². The van der Waals surface area contributed by atoms with E-state index in [0.717, 1.165) is 19.3 Å². The van der Waals surface area contributed by atoms with Crippen molar-refractivity contribution in [3.63, 3.8) is 0 Å². The van der Waals surface area contributed by atoms with Crippen molar-refractivity contribution in [2.45, 2.75) is 44.6 Å². The van der Waals surface area contributed by atoms with Crippen LogP contribution in [0.25, 0.3) is 0 Å². The summed E-state index contributed by atoms with van der Waals surface area (Å²) in [4.78, 5) is 0.813. The molecule has 1 aliphatic rings. The Morgan fingerprint density at radius 1 is 1.42 bits per heavy atom. The molecule has 6 heteroatoms. The maximum absolute atomic E-state index is 12.6. The number of rotatable bonds is 5. The largest absolute Gasteiger partial charge is 0.391 e. The third-order valence-electron chi connectivity index (χ3n) is 4.37. The Hall–Kier alpha value is -0.430. The highest BCUT2D eigenvalue weighted by molar-refractivity contribution is 7.89. The number of nitrogens with zero attached hydrogens (tertiary/aromatic N) is 1. The standard InChI is InChI=1S/C13H21NO3S2/c1-3-13(4-2)6-7-14(10-13)19(16,17)12-5-8-18-11(12)9-15/h5,8,15H,3-4,6-7,9-10H2,1-2H3. The average Bonchev–Trinajstić information content (AvgIpc) is 3.06. The lowest BCUT2D eigenvalue weighted by molar-refractivity contribution is 0.277. The van der Waals surface area contributed by atoms with E-state index in [0.29, 0.717) is 18.0 Å². The minimum atomic E-state index is -3.45. The predicted octanol–water partition coefficient (Wildman–Crippen LogP) is 2.44. The van der Waals surface area contributed by atoms with Crippen LogP contribution in [-0.2, 0) is 16.6 Å². The van der Waals surface area contributed by atoms with Crippen LogP contribution in [-0.4, -0.2) is 30.9 Å². The van der Waals surface area contributed by atoms with Crippen LogP contribution in [0.15, 0.2) is 16.3 Å².